The van der Waals surface area contributed by atoms with E-state index < -0.39 is 52.6 Å². The number of alkyl carbamates (subject to hydrolysis) is 1. The van der Waals surface area contributed by atoms with Gasteiger partial charge in [-0.2, -0.15) is 0 Å². The summed E-state index contributed by atoms with van der Waals surface area (Å²) in [5.74, 6) is -0.585. The van der Waals surface area contributed by atoms with Gasteiger partial charge in [0, 0.05) is 26.1 Å². The Bertz CT molecular complexity index is 1090. The summed E-state index contributed by atoms with van der Waals surface area (Å²) in [6, 6.07) is 8.63. The number of ether oxygens (including phenoxy) is 4. The van der Waals surface area contributed by atoms with Crippen molar-refractivity contribution in [3.63, 3.8) is 0 Å². The highest BCUT2D eigenvalue weighted by atomic mass is 16.6. The van der Waals surface area contributed by atoms with Gasteiger partial charge in [0.15, 0.2) is 0 Å². The first kappa shape index (κ1) is 34.7. The van der Waals surface area contributed by atoms with Crippen LogP contribution in [0.1, 0.15) is 87.6 Å². The predicted octanol–water partition coefficient (Wildman–Crippen LogP) is 5.65. The number of carbonyl (C=O) groups is 4. The predicted molar refractivity (Wildman–Crippen MR) is 158 cm³/mol. The molecule has 1 fully saturated rings. The third kappa shape index (κ3) is 10.4. The van der Waals surface area contributed by atoms with Crippen molar-refractivity contribution in [2.75, 3.05) is 19.6 Å². The maximum absolute atomic E-state index is 13.8. The van der Waals surface area contributed by atoms with Gasteiger partial charge in [-0.15, -0.1) is 0 Å². The quantitative estimate of drug-likeness (QED) is 0.304. The van der Waals surface area contributed by atoms with Crippen molar-refractivity contribution in [2.45, 2.75) is 117 Å². The molecule has 0 bridgehead atoms. The first-order valence-electron chi connectivity index (χ1n) is 14.4. The molecule has 1 aromatic carbocycles. The Morgan fingerprint density at radius 3 is 2.00 bits per heavy atom. The van der Waals surface area contributed by atoms with Crippen LogP contribution in [0.4, 0.5) is 14.4 Å². The van der Waals surface area contributed by atoms with Crippen LogP contribution in [0.15, 0.2) is 30.3 Å². The van der Waals surface area contributed by atoms with Crippen molar-refractivity contribution in [2.24, 2.45) is 0 Å². The molecule has 1 saturated heterocycles. The number of benzene rings is 1. The highest BCUT2D eigenvalue weighted by molar-refractivity contribution is 5.87. The summed E-state index contributed by atoms with van der Waals surface area (Å²) in [7, 11) is 0. The minimum Gasteiger partial charge on any atom is -0.459 e. The first-order chi connectivity index (χ1) is 19.3. The van der Waals surface area contributed by atoms with Crippen LogP contribution in [0.2, 0.25) is 0 Å². The molecule has 0 aromatic heterocycles. The van der Waals surface area contributed by atoms with Gasteiger partial charge in [0.05, 0.1) is 6.04 Å². The van der Waals surface area contributed by atoms with E-state index in [4.69, 9.17) is 18.9 Å². The molecule has 0 saturated carbocycles. The molecule has 2 atom stereocenters. The maximum Gasteiger partial charge on any atom is 0.411 e. The molecular formula is C31H49N3O8. The summed E-state index contributed by atoms with van der Waals surface area (Å²) in [5, 5.41) is 2.66. The zero-order valence-electron chi connectivity index (χ0n) is 26.9. The summed E-state index contributed by atoms with van der Waals surface area (Å²) in [5.41, 5.74) is -2.88. The number of likely N-dealkylation sites (tertiary alicyclic amines) is 1. The van der Waals surface area contributed by atoms with E-state index >= 15 is 0 Å². The molecule has 1 aromatic rings. The molecule has 11 heteroatoms. The van der Waals surface area contributed by atoms with E-state index in [9.17, 15) is 19.2 Å². The number of nitrogens with one attached hydrogen (secondary N) is 1. The summed E-state index contributed by atoms with van der Waals surface area (Å²) in [6.07, 6.45) is -1.61. The van der Waals surface area contributed by atoms with E-state index in [0.717, 1.165) is 5.56 Å². The topological polar surface area (TPSA) is 124 Å². The zero-order valence-corrected chi connectivity index (χ0v) is 26.9. The van der Waals surface area contributed by atoms with Gasteiger partial charge in [-0.1, -0.05) is 37.3 Å². The molecule has 0 radical (unpaired) electrons. The smallest absolute Gasteiger partial charge is 0.411 e. The molecule has 1 aliphatic rings. The average molecular weight is 592 g/mol. The largest absolute Gasteiger partial charge is 0.459 e. The fourth-order valence-corrected chi connectivity index (χ4v) is 4.59. The fraction of sp³-hybridized carbons (Fsp3) is 0.677. The summed E-state index contributed by atoms with van der Waals surface area (Å²) in [6.45, 7) is 17.7. The van der Waals surface area contributed by atoms with Gasteiger partial charge in [0.1, 0.15) is 28.9 Å². The molecule has 1 heterocycles. The Balaban J connectivity index is 2.38. The van der Waals surface area contributed by atoms with Crippen molar-refractivity contribution in [1.29, 1.82) is 0 Å². The van der Waals surface area contributed by atoms with Gasteiger partial charge in [-0.05, 0) is 74.3 Å². The van der Waals surface area contributed by atoms with Crippen molar-refractivity contribution >= 4 is 24.2 Å². The molecule has 0 spiro atoms. The molecule has 236 valence electrons. The monoisotopic (exact) mass is 591 g/mol. The second-order valence-corrected chi connectivity index (χ2v) is 13.5. The van der Waals surface area contributed by atoms with Crippen LogP contribution in [-0.4, -0.2) is 82.1 Å². The van der Waals surface area contributed by atoms with E-state index in [1.807, 2.05) is 30.3 Å². The number of esters is 1. The second-order valence-electron chi connectivity index (χ2n) is 13.5. The lowest BCUT2D eigenvalue weighted by Gasteiger charge is -2.36. The lowest BCUT2D eigenvalue weighted by Crippen LogP contribution is -2.54. The molecule has 2 rings (SSSR count). The third-order valence-electron chi connectivity index (χ3n) is 6.36. The van der Waals surface area contributed by atoms with Crippen LogP contribution in [0.3, 0.4) is 0 Å². The van der Waals surface area contributed by atoms with Crippen molar-refractivity contribution in [3.05, 3.63) is 35.9 Å². The standard InChI is InChI=1S/C31H49N3O8/c1-11-31(24(35)39-21-22-15-13-12-14-16-22)19-23(20-34(31)27(38)42-30(8,9)10)33(26(37)41-29(5,6)7)18-17-32-25(36)40-28(2,3)4/h12-16,23H,11,17-21H2,1-10H3,(H,32,36)/t23-,31?/m1/s1. The first-order valence-corrected chi connectivity index (χ1v) is 14.4. The van der Waals surface area contributed by atoms with Gasteiger partial charge in [-0.3, -0.25) is 4.90 Å². The minimum atomic E-state index is -1.39. The highest BCUT2D eigenvalue weighted by Gasteiger charge is 2.56. The fourth-order valence-electron chi connectivity index (χ4n) is 4.59. The van der Waals surface area contributed by atoms with Crippen LogP contribution < -0.4 is 5.32 Å². The van der Waals surface area contributed by atoms with E-state index in [1.54, 1.807) is 69.2 Å². The zero-order chi connectivity index (χ0) is 31.9. The van der Waals surface area contributed by atoms with Crippen LogP contribution in [-0.2, 0) is 30.3 Å². The number of hydrogen-bond acceptors (Lipinski definition) is 8. The number of amides is 3. The van der Waals surface area contributed by atoms with Gasteiger partial charge in [0.2, 0.25) is 0 Å². The Kier molecular flexibility index (Phi) is 11.3. The van der Waals surface area contributed by atoms with Crippen molar-refractivity contribution < 1.29 is 38.1 Å². The Morgan fingerprint density at radius 1 is 0.905 bits per heavy atom. The normalized spacial score (nSPS) is 19.1. The van der Waals surface area contributed by atoms with Crippen molar-refractivity contribution in [1.82, 2.24) is 15.1 Å². The molecule has 1 unspecified atom stereocenters. The lowest BCUT2D eigenvalue weighted by atomic mass is 9.91. The molecule has 11 nitrogen and oxygen atoms in total. The highest BCUT2D eigenvalue weighted by Crippen LogP contribution is 2.38. The molecular weight excluding hydrogens is 542 g/mol. The summed E-state index contributed by atoms with van der Waals surface area (Å²) in [4.78, 5) is 55.8. The Labute approximate surface area is 250 Å². The minimum absolute atomic E-state index is 0.00880. The number of nitrogens with zero attached hydrogens (tertiary/aromatic N) is 2. The van der Waals surface area contributed by atoms with E-state index in [0.29, 0.717) is 0 Å². The van der Waals surface area contributed by atoms with Crippen LogP contribution in [0, 0.1) is 0 Å². The van der Waals surface area contributed by atoms with Crippen LogP contribution in [0.5, 0.6) is 0 Å². The molecule has 42 heavy (non-hydrogen) atoms. The average Bonchev–Trinajstić information content (AvgIpc) is 3.23. The van der Waals surface area contributed by atoms with Crippen molar-refractivity contribution in [3.8, 4) is 0 Å². The SMILES string of the molecule is CCC1(C(=O)OCc2ccccc2)C[C@@H](N(CCNC(=O)OC(C)(C)C)C(=O)OC(C)(C)C)CN1C(=O)OC(C)(C)C. The van der Waals surface area contributed by atoms with E-state index in [-0.39, 0.29) is 39.1 Å². The molecule has 3 amide bonds. The lowest BCUT2D eigenvalue weighted by molar-refractivity contribution is -0.158. The Hall–Kier alpha value is -3.50. The van der Waals surface area contributed by atoms with Crippen LogP contribution >= 0.6 is 0 Å². The maximum atomic E-state index is 13.8. The van der Waals surface area contributed by atoms with Gasteiger partial charge in [-0.25, -0.2) is 19.2 Å². The second kappa shape index (κ2) is 13.6. The number of rotatable bonds is 8. The molecule has 1 aliphatic heterocycles. The molecule has 0 aliphatic carbocycles. The van der Waals surface area contributed by atoms with Gasteiger partial charge >= 0.3 is 24.2 Å². The van der Waals surface area contributed by atoms with Gasteiger partial charge in [0.25, 0.3) is 0 Å². The molecule has 1 N–H and O–H groups in total. The number of carbonyl (C=O) groups excluding carboxylic acids is 4. The Morgan fingerprint density at radius 2 is 1.48 bits per heavy atom. The summed E-state index contributed by atoms with van der Waals surface area (Å²) >= 11 is 0. The van der Waals surface area contributed by atoms with E-state index in [2.05, 4.69) is 5.32 Å². The van der Waals surface area contributed by atoms with Gasteiger partial charge < -0.3 is 29.2 Å². The van der Waals surface area contributed by atoms with Crippen LogP contribution in [0.25, 0.3) is 0 Å². The number of hydrogen-bond donors (Lipinski definition) is 1. The summed E-state index contributed by atoms with van der Waals surface area (Å²) < 4.78 is 22.4. The van der Waals surface area contributed by atoms with E-state index in [1.165, 1.54) is 9.80 Å². The third-order valence-corrected chi connectivity index (χ3v) is 6.36.